The summed E-state index contributed by atoms with van der Waals surface area (Å²) in [5.74, 6) is -1.15. The fourth-order valence-corrected chi connectivity index (χ4v) is 2.33. The Bertz CT molecular complexity index is 539. The van der Waals surface area contributed by atoms with Gasteiger partial charge in [0.25, 0.3) is 0 Å². The standard InChI is InChI=1S/C9H11N3O4S/c13-9(14)6-3-4-10-8(5-6)12-17(15,16)11-7-1-2-7/h3-5,7,11H,1-2H2,(H,10,12)(H,13,14). The predicted octanol–water partition coefficient (Wildman–Crippen LogP) is 0.188. The number of nitrogens with zero attached hydrogens (tertiary/aromatic N) is 1. The van der Waals surface area contributed by atoms with Gasteiger partial charge in [0.1, 0.15) is 5.82 Å². The summed E-state index contributed by atoms with van der Waals surface area (Å²) in [7, 11) is -3.67. The van der Waals surface area contributed by atoms with Crippen LogP contribution < -0.4 is 9.44 Å². The van der Waals surface area contributed by atoms with Gasteiger partial charge in [-0.25, -0.2) is 9.78 Å². The van der Waals surface area contributed by atoms with Gasteiger partial charge in [0.2, 0.25) is 0 Å². The molecule has 1 aromatic rings. The fraction of sp³-hybridized carbons (Fsp3) is 0.333. The molecule has 17 heavy (non-hydrogen) atoms. The number of aromatic nitrogens is 1. The molecule has 3 N–H and O–H groups in total. The Morgan fingerprint density at radius 1 is 1.47 bits per heavy atom. The second-order valence-corrected chi connectivity index (χ2v) is 5.18. The predicted molar refractivity (Wildman–Crippen MR) is 59.9 cm³/mol. The molecule has 0 saturated heterocycles. The maximum absolute atomic E-state index is 11.5. The van der Waals surface area contributed by atoms with E-state index >= 15 is 0 Å². The first-order valence-corrected chi connectivity index (χ1v) is 6.44. The van der Waals surface area contributed by atoms with Crippen molar-refractivity contribution in [3.05, 3.63) is 23.9 Å². The zero-order valence-electron chi connectivity index (χ0n) is 8.75. The molecule has 7 nitrogen and oxygen atoms in total. The van der Waals surface area contributed by atoms with Gasteiger partial charge in [-0.05, 0) is 25.0 Å². The van der Waals surface area contributed by atoms with Gasteiger partial charge < -0.3 is 5.11 Å². The average Bonchev–Trinajstić information content (AvgIpc) is 3.00. The molecule has 0 spiro atoms. The van der Waals surface area contributed by atoms with Crippen LogP contribution in [0, 0.1) is 0 Å². The van der Waals surface area contributed by atoms with Crippen molar-refractivity contribution < 1.29 is 18.3 Å². The third-order valence-corrected chi connectivity index (χ3v) is 3.27. The summed E-state index contributed by atoms with van der Waals surface area (Å²) < 4.78 is 27.6. The smallest absolute Gasteiger partial charge is 0.335 e. The van der Waals surface area contributed by atoms with Crippen LogP contribution in [0.25, 0.3) is 0 Å². The van der Waals surface area contributed by atoms with Crippen LogP contribution in [0.4, 0.5) is 5.82 Å². The normalized spacial score (nSPS) is 15.5. The van der Waals surface area contributed by atoms with Crippen LogP contribution in [0.2, 0.25) is 0 Å². The van der Waals surface area contributed by atoms with Gasteiger partial charge in [-0.2, -0.15) is 13.1 Å². The van der Waals surface area contributed by atoms with Gasteiger partial charge in [-0.15, -0.1) is 0 Å². The number of carboxylic acids is 1. The number of anilines is 1. The van der Waals surface area contributed by atoms with Gasteiger partial charge in [-0.1, -0.05) is 0 Å². The Hall–Kier alpha value is -1.67. The van der Waals surface area contributed by atoms with Gasteiger partial charge in [-0.3, -0.25) is 4.72 Å². The Balaban J connectivity index is 2.12. The summed E-state index contributed by atoms with van der Waals surface area (Å²) >= 11 is 0. The monoisotopic (exact) mass is 257 g/mol. The summed E-state index contributed by atoms with van der Waals surface area (Å²) in [5, 5.41) is 8.74. The molecule has 1 aliphatic carbocycles. The Morgan fingerprint density at radius 2 is 2.18 bits per heavy atom. The van der Waals surface area contributed by atoms with Crippen LogP contribution in [-0.4, -0.2) is 30.5 Å². The third kappa shape index (κ3) is 3.40. The maximum atomic E-state index is 11.5. The second kappa shape index (κ2) is 4.30. The molecule has 0 amide bonds. The zero-order chi connectivity index (χ0) is 12.5. The molecule has 0 aliphatic heterocycles. The molecular weight excluding hydrogens is 246 g/mol. The summed E-state index contributed by atoms with van der Waals surface area (Å²) in [5.41, 5.74) is -0.0240. The van der Waals surface area contributed by atoms with E-state index in [2.05, 4.69) is 14.4 Å². The van der Waals surface area contributed by atoms with Gasteiger partial charge in [0.05, 0.1) is 5.56 Å². The largest absolute Gasteiger partial charge is 0.478 e. The van der Waals surface area contributed by atoms with Crippen LogP contribution in [-0.2, 0) is 10.2 Å². The van der Waals surface area contributed by atoms with Crippen molar-refractivity contribution in [3.8, 4) is 0 Å². The summed E-state index contributed by atoms with van der Waals surface area (Å²) in [6.45, 7) is 0. The SMILES string of the molecule is O=C(O)c1ccnc(NS(=O)(=O)NC2CC2)c1. The second-order valence-electron chi connectivity index (χ2n) is 3.73. The van der Waals surface area contributed by atoms with Crippen LogP contribution in [0.1, 0.15) is 23.2 Å². The summed E-state index contributed by atoms with van der Waals surface area (Å²) in [6.07, 6.45) is 2.88. The molecule has 1 fully saturated rings. The highest BCUT2D eigenvalue weighted by atomic mass is 32.2. The number of nitrogens with one attached hydrogen (secondary N) is 2. The van der Waals surface area contributed by atoms with E-state index in [-0.39, 0.29) is 17.4 Å². The minimum atomic E-state index is -3.67. The van der Waals surface area contributed by atoms with E-state index in [0.29, 0.717) is 0 Å². The first-order chi connectivity index (χ1) is 7.96. The van der Waals surface area contributed by atoms with Gasteiger partial charge in [0.15, 0.2) is 0 Å². The topological polar surface area (TPSA) is 108 Å². The van der Waals surface area contributed by atoms with E-state index in [1.54, 1.807) is 0 Å². The minimum absolute atomic E-state index is 0.0157. The third-order valence-electron chi connectivity index (χ3n) is 2.14. The molecule has 2 rings (SSSR count). The number of carboxylic acid groups (broad SMARTS) is 1. The van der Waals surface area contributed by atoms with E-state index < -0.39 is 16.2 Å². The molecule has 0 bridgehead atoms. The first-order valence-electron chi connectivity index (χ1n) is 4.96. The lowest BCUT2D eigenvalue weighted by Gasteiger charge is -2.07. The van der Waals surface area contributed by atoms with Crippen LogP contribution >= 0.6 is 0 Å². The van der Waals surface area contributed by atoms with E-state index in [1.165, 1.54) is 12.3 Å². The Morgan fingerprint density at radius 3 is 2.76 bits per heavy atom. The number of hydrogen-bond donors (Lipinski definition) is 3. The summed E-state index contributed by atoms with van der Waals surface area (Å²) in [4.78, 5) is 14.4. The average molecular weight is 257 g/mol. The Labute approximate surface area is 98.1 Å². The van der Waals surface area contributed by atoms with Crippen molar-refractivity contribution in [1.29, 1.82) is 0 Å². The molecular formula is C9H11N3O4S. The lowest BCUT2D eigenvalue weighted by Crippen LogP contribution is -2.32. The minimum Gasteiger partial charge on any atom is -0.478 e. The highest BCUT2D eigenvalue weighted by Gasteiger charge is 2.27. The van der Waals surface area contributed by atoms with Crippen molar-refractivity contribution in [2.45, 2.75) is 18.9 Å². The molecule has 1 heterocycles. The molecule has 1 aliphatic rings. The lowest BCUT2D eigenvalue weighted by molar-refractivity contribution is 0.0697. The molecule has 8 heteroatoms. The van der Waals surface area contributed by atoms with Crippen molar-refractivity contribution in [3.63, 3.8) is 0 Å². The van der Waals surface area contributed by atoms with Crippen molar-refractivity contribution in [2.24, 2.45) is 0 Å². The number of aromatic carboxylic acids is 1. The van der Waals surface area contributed by atoms with E-state index in [0.717, 1.165) is 18.9 Å². The molecule has 0 radical (unpaired) electrons. The number of rotatable bonds is 5. The number of carbonyl (C=O) groups is 1. The molecule has 1 aromatic heterocycles. The molecule has 1 saturated carbocycles. The number of hydrogen-bond acceptors (Lipinski definition) is 4. The van der Waals surface area contributed by atoms with Crippen LogP contribution in [0.3, 0.4) is 0 Å². The van der Waals surface area contributed by atoms with Gasteiger partial charge in [0, 0.05) is 12.2 Å². The lowest BCUT2D eigenvalue weighted by atomic mass is 10.3. The highest BCUT2D eigenvalue weighted by molar-refractivity contribution is 7.90. The Kier molecular flexibility index (Phi) is 2.99. The van der Waals surface area contributed by atoms with E-state index in [4.69, 9.17) is 5.11 Å². The maximum Gasteiger partial charge on any atom is 0.335 e. The van der Waals surface area contributed by atoms with Crippen molar-refractivity contribution >= 4 is 22.0 Å². The first kappa shape index (κ1) is 11.8. The van der Waals surface area contributed by atoms with Gasteiger partial charge >= 0.3 is 16.2 Å². The fourth-order valence-electron chi connectivity index (χ4n) is 1.21. The molecule has 0 aromatic carbocycles. The van der Waals surface area contributed by atoms with E-state index in [9.17, 15) is 13.2 Å². The quantitative estimate of drug-likeness (QED) is 0.697. The van der Waals surface area contributed by atoms with Crippen LogP contribution in [0.15, 0.2) is 18.3 Å². The van der Waals surface area contributed by atoms with Crippen molar-refractivity contribution in [1.82, 2.24) is 9.71 Å². The van der Waals surface area contributed by atoms with Crippen LogP contribution in [0.5, 0.6) is 0 Å². The highest BCUT2D eigenvalue weighted by Crippen LogP contribution is 2.20. The van der Waals surface area contributed by atoms with Crippen molar-refractivity contribution in [2.75, 3.05) is 4.72 Å². The number of pyridine rings is 1. The molecule has 0 unspecified atom stereocenters. The molecule has 0 atom stereocenters. The summed E-state index contributed by atoms with van der Waals surface area (Å²) in [6, 6.07) is 2.43. The molecule has 92 valence electrons. The van der Waals surface area contributed by atoms with E-state index in [1.807, 2.05) is 0 Å². The zero-order valence-corrected chi connectivity index (χ0v) is 9.57.